The molecule has 0 saturated heterocycles. The normalized spacial score (nSPS) is 12.2. The van der Waals surface area contributed by atoms with Crippen molar-refractivity contribution in [1.29, 1.82) is 0 Å². The van der Waals surface area contributed by atoms with E-state index < -0.39 is 23.6 Å². The topological polar surface area (TPSA) is 29.5 Å². The highest BCUT2D eigenvalue weighted by molar-refractivity contribution is 5.93. The van der Waals surface area contributed by atoms with Gasteiger partial charge in [-0.25, -0.2) is 4.39 Å². The minimum Gasteiger partial charge on any atom is -0.508 e. The van der Waals surface area contributed by atoms with Gasteiger partial charge in [0.2, 0.25) is 0 Å². The van der Waals surface area contributed by atoms with Crippen molar-refractivity contribution in [2.24, 2.45) is 0 Å². The Labute approximate surface area is 114 Å². The van der Waals surface area contributed by atoms with Crippen LogP contribution in [0.15, 0.2) is 24.3 Å². The summed E-state index contributed by atoms with van der Waals surface area (Å²) in [6.45, 7) is 2.42. The van der Waals surface area contributed by atoms with Crippen LogP contribution in [0, 0.1) is 5.82 Å². The predicted molar refractivity (Wildman–Crippen MR) is 70.9 cm³/mol. The highest BCUT2D eigenvalue weighted by Crippen LogP contribution is 2.40. The number of hydrogen-bond acceptors (Lipinski definition) is 2. The zero-order chi connectivity index (χ0) is 15.1. The third-order valence-corrected chi connectivity index (χ3v) is 3.02. The van der Waals surface area contributed by atoms with Crippen LogP contribution in [-0.2, 0) is 5.41 Å². The fourth-order valence-corrected chi connectivity index (χ4v) is 2.19. The molecule has 0 aromatic heterocycles. The van der Waals surface area contributed by atoms with E-state index >= 15 is 0 Å². The molecule has 2 aromatic rings. The molecule has 20 heavy (non-hydrogen) atoms. The van der Waals surface area contributed by atoms with Crippen LogP contribution in [0.1, 0.15) is 26.3 Å². The van der Waals surface area contributed by atoms with E-state index in [2.05, 4.69) is 4.74 Å². The van der Waals surface area contributed by atoms with Gasteiger partial charge in [0.1, 0.15) is 5.75 Å². The summed E-state index contributed by atoms with van der Waals surface area (Å²) in [5.74, 6) is -1.34. The lowest BCUT2D eigenvalue weighted by Crippen LogP contribution is -2.13. The van der Waals surface area contributed by atoms with E-state index in [0.29, 0.717) is 10.9 Å². The molecule has 0 amide bonds. The van der Waals surface area contributed by atoms with Crippen LogP contribution in [0.5, 0.6) is 11.5 Å². The molecule has 0 aliphatic rings. The number of alkyl halides is 2. The van der Waals surface area contributed by atoms with E-state index in [4.69, 9.17) is 0 Å². The SMILES string of the molecule is CC(C)(C)c1cc(O)cc2ccc(F)c(OC(F)F)c12. The molecule has 0 heterocycles. The van der Waals surface area contributed by atoms with Gasteiger partial charge in [-0.05, 0) is 34.6 Å². The van der Waals surface area contributed by atoms with Gasteiger partial charge in [0.25, 0.3) is 0 Å². The molecule has 2 aromatic carbocycles. The van der Waals surface area contributed by atoms with Crippen molar-refractivity contribution in [2.45, 2.75) is 32.8 Å². The molecule has 0 radical (unpaired) electrons. The molecular formula is C15H15F3O2. The molecule has 5 heteroatoms. The van der Waals surface area contributed by atoms with Crippen LogP contribution in [0.25, 0.3) is 10.8 Å². The summed E-state index contributed by atoms with van der Waals surface area (Å²) in [7, 11) is 0. The number of fused-ring (bicyclic) bond motifs is 1. The van der Waals surface area contributed by atoms with Crippen LogP contribution in [0.3, 0.4) is 0 Å². The summed E-state index contributed by atoms with van der Waals surface area (Å²) < 4.78 is 43.2. The standard InChI is InChI=1S/C15H15F3O2/c1-15(2,3)10-7-9(19)6-8-4-5-11(16)13(12(8)10)20-14(17)18/h4-7,14,19H,1-3H3. The monoisotopic (exact) mass is 284 g/mol. The lowest BCUT2D eigenvalue weighted by Gasteiger charge is -2.23. The Balaban J connectivity index is 2.87. The van der Waals surface area contributed by atoms with E-state index in [9.17, 15) is 18.3 Å². The van der Waals surface area contributed by atoms with Crippen molar-refractivity contribution < 1.29 is 23.0 Å². The average Bonchev–Trinajstić information content (AvgIpc) is 2.30. The Kier molecular flexibility index (Phi) is 3.54. The second kappa shape index (κ2) is 4.89. The number of halogens is 3. The second-order valence-corrected chi connectivity index (χ2v) is 5.60. The average molecular weight is 284 g/mol. The largest absolute Gasteiger partial charge is 0.508 e. The van der Waals surface area contributed by atoms with E-state index in [1.807, 2.05) is 20.8 Å². The van der Waals surface area contributed by atoms with Crippen molar-refractivity contribution in [3.8, 4) is 11.5 Å². The van der Waals surface area contributed by atoms with E-state index in [1.54, 1.807) is 0 Å². The van der Waals surface area contributed by atoms with E-state index in [-0.39, 0.29) is 11.1 Å². The van der Waals surface area contributed by atoms with Crippen molar-refractivity contribution in [2.75, 3.05) is 0 Å². The molecule has 0 bridgehead atoms. The maximum absolute atomic E-state index is 13.8. The van der Waals surface area contributed by atoms with Crippen LogP contribution < -0.4 is 4.74 Å². The van der Waals surface area contributed by atoms with Gasteiger partial charge in [0, 0.05) is 5.39 Å². The minimum atomic E-state index is -3.11. The zero-order valence-electron chi connectivity index (χ0n) is 11.4. The number of rotatable bonds is 2. The molecule has 108 valence electrons. The number of phenolic OH excluding ortho intramolecular Hbond substituents is 1. The third-order valence-electron chi connectivity index (χ3n) is 3.02. The molecule has 0 aliphatic heterocycles. The Morgan fingerprint density at radius 1 is 1.15 bits per heavy atom. The molecule has 0 unspecified atom stereocenters. The van der Waals surface area contributed by atoms with Gasteiger partial charge >= 0.3 is 6.61 Å². The van der Waals surface area contributed by atoms with Crippen LogP contribution in [-0.4, -0.2) is 11.7 Å². The first-order chi connectivity index (χ1) is 9.20. The van der Waals surface area contributed by atoms with Crippen molar-refractivity contribution >= 4 is 10.8 Å². The lowest BCUT2D eigenvalue weighted by molar-refractivity contribution is -0.0511. The number of ether oxygens (including phenoxy) is 1. The fraction of sp³-hybridized carbons (Fsp3) is 0.333. The second-order valence-electron chi connectivity index (χ2n) is 5.60. The Morgan fingerprint density at radius 2 is 1.80 bits per heavy atom. The van der Waals surface area contributed by atoms with Gasteiger partial charge in [0.05, 0.1) is 0 Å². The fourth-order valence-electron chi connectivity index (χ4n) is 2.19. The van der Waals surface area contributed by atoms with Crippen LogP contribution >= 0.6 is 0 Å². The molecule has 1 N–H and O–H groups in total. The first-order valence-corrected chi connectivity index (χ1v) is 6.10. The number of hydrogen-bond donors (Lipinski definition) is 1. The van der Waals surface area contributed by atoms with Crippen molar-refractivity contribution in [3.05, 3.63) is 35.6 Å². The van der Waals surface area contributed by atoms with Crippen LogP contribution in [0.4, 0.5) is 13.2 Å². The Hall–Kier alpha value is -1.91. The molecule has 0 aliphatic carbocycles. The molecule has 0 atom stereocenters. The summed E-state index contributed by atoms with van der Waals surface area (Å²) in [6, 6.07) is 5.31. The summed E-state index contributed by atoms with van der Waals surface area (Å²) in [5, 5.41) is 10.4. The quantitative estimate of drug-likeness (QED) is 0.874. The zero-order valence-corrected chi connectivity index (χ0v) is 11.4. The Bertz CT molecular complexity index is 646. The summed E-state index contributed by atoms with van der Waals surface area (Å²) >= 11 is 0. The first kappa shape index (κ1) is 14.5. The van der Waals surface area contributed by atoms with Gasteiger partial charge in [-0.1, -0.05) is 26.8 Å². The molecule has 2 rings (SSSR count). The highest BCUT2D eigenvalue weighted by atomic mass is 19.3. The Morgan fingerprint density at radius 3 is 2.35 bits per heavy atom. The van der Waals surface area contributed by atoms with E-state index in [1.165, 1.54) is 18.2 Å². The number of benzene rings is 2. The number of aromatic hydroxyl groups is 1. The summed E-state index contributed by atoms with van der Waals surface area (Å²) in [6.07, 6.45) is 0. The molecule has 2 nitrogen and oxygen atoms in total. The van der Waals surface area contributed by atoms with Crippen molar-refractivity contribution in [3.63, 3.8) is 0 Å². The maximum Gasteiger partial charge on any atom is 0.387 e. The van der Waals surface area contributed by atoms with Gasteiger partial charge in [0.15, 0.2) is 11.6 Å². The highest BCUT2D eigenvalue weighted by Gasteiger charge is 2.23. The van der Waals surface area contributed by atoms with Gasteiger partial charge < -0.3 is 9.84 Å². The number of phenols is 1. The molecule has 0 spiro atoms. The molecular weight excluding hydrogens is 269 g/mol. The predicted octanol–water partition coefficient (Wildman–Crippen LogP) is 4.58. The smallest absolute Gasteiger partial charge is 0.387 e. The van der Waals surface area contributed by atoms with Crippen LogP contribution in [0.2, 0.25) is 0 Å². The molecule has 0 saturated carbocycles. The minimum absolute atomic E-state index is 0.00275. The third kappa shape index (κ3) is 2.66. The van der Waals surface area contributed by atoms with Gasteiger partial charge in [-0.2, -0.15) is 8.78 Å². The van der Waals surface area contributed by atoms with Gasteiger partial charge in [-0.3, -0.25) is 0 Å². The van der Waals surface area contributed by atoms with E-state index in [0.717, 1.165) is 6.07 Å². The summed E-state index contributed by atoms with van der Waals surface area (Å²) in [4.78, 5) is 0. The lowest BCUT2D eigenvalue weighted by atomic mass is 9.83. The van der Waals surface area contributed by atoms with Crippen molar-refractivity contribution in [1.82, 2.24) is 0 Å². The first-order valence-electron chi connectivity index (χ1n) is 6.10. The maximum atomic E-state index is 13.8. The molecule has 0 fully saturated rings. The summed E-state index contributed by atoms with van der Waals surface area (Å²) in [5.41, 5.74) is 0.0769. The van der Waals surface area contributed by atoms with Gasteiger partial charge in [-0.15, -0.1) is 0 Å².